The van der Waals surface area contributed by atoms with Crippen LogP contribution in [0.3, 0.4) is 0 Å². The third kappa shape index (κ3) is 3.60. The molecule has 0 aromatic heterocycles. The van der Waals surface area contributed by atoms with Crippen molar-refractivity contribution >= 4 is 44.3 Å². The van der Waals surface area contributed by atoms with Gasteiger partial charge in [-0.25, -0.2) is 0 Å². The van der Waals surface area contributed by atoms with Crippen LogP contribution in [-0.4, -0.2) is 55.1 Å². The number of hydroxylamine groups is 2. The van der Waals surface area contributed by atoms with Gasteiger partial charge in [0.1, 0.15) is 4.90 Å². The lowest BCUT2D eigenvalue weighted by molar-refractivity contribution is -0.385. The number of carbonyl (C=O) groups excluding carboxylic acids is 3. The molecule has 1 heterocycles. The molecular weight excluding hydrogens is 454 g/mol. The summed E-state index contributed by atoms with van der Waals surface area (Å²) < 4.78 is 30.2. The molecule has 12 heteroatoms. The van der Waals surface area contributed by atoms with Crippen molar-refractivity contribution in [1.82, 2.24) is 9.96 Å². The summed E-state index contributed by atoms with van der Waals surface area (Å²) >= 11 is 0. The molecule has 0 fully saturated rings. The number of nitro groups is 1. The number of rotatable bonds is 5. The molecule has 33 heavy (non-hydrogen) atoms. The first kappa shape index (κ1) is 22.0. The molecule has 11 nitrogen and oxygen atoms in total. The van der Waals surface area contributed by atoms with Crippen LogP contribution < -0.4 is 0 Å². The second-order valence-corrected chi connectivity index (χ2v) is 8.80. The van der Waals surface area contributed by atoms with Crippen LogP contribution in [-0.2, 0) is 14.4 Å². The van der Waals surface area contributed by atoms with Gasteiger partial charge < -0.3 is 4.90 Å². The maximum absolute atomic E-state index is 13.0. The Labute approximate surface area is 187 Å². The highest BCUT2D eigenvalue weighted by atomic mass is 32.2. The van der Waals surface area contributed by atoms with E-state index in [9.17, 15) is 32.9 Å². The minimum Gasteiger partial charge on any atom is -0.345 e. The molecule has 0 N–H and O–H groups in total. The Hall–Kier alpha value is -4.16. The van der Waals surface area contributed by atoms with Crippen LogP contribution in [0.15, 0.2) is 59.5 Å². The average molecular weight is 469 g/mol. The number of carbonyl (C=O) groups is 3. The number of benzene rings is 3. The lowest BCUT2D eigenvalue weighted by Crippen LogP contribution is -2.41. The molecule has 168 valence electrons. The summed E-state index contributed by atoms with van der Waals surface area (Å²) in [6.07, 6.45) is 0. The molecular formula is C21H15N3O8S. The molecule has 0 aliphatic carbocycles. The second-order valence-electron chi connectivity index (χ2n) is 7.28. The number of nitro benzene ring substituents is 1. The first-order chi connectivity index (χ1) is 15.5. The largest absolute Gasteiger partial charge is 0.345 e. The van der Waals surface area contributed by atoms with Gasteiger partial charge in [-0.05, 0) is 29.7 Å². The minimum absolute atomic E-state index is 0.0373. The Morgan fingerprint density at radius 2 is 1.64 bits per heavy atom. The molecule has 0 radical (unpaired) electrons. The molecule has 0 unspecified atom stereocenters. The molecule has 0 atom stereocenters. The topological polar surface area (TPSA) is 144 Å². The Morgan fingerprint density at radius 3 is 2.27 bits per heavy atom. The number of nitrogens with zero attached hydrogens (tertiary/aromatic N) is 3. The molecule has 0 spiro atoms. The van der Waals surface area contributed by atoms with E-state index in [0.717, 1.165) is 24.3 Å². The fraction of sp³-hybridized carbons (Fsp3) is 0.0952. The molecule has 4 rings (SSSR count). The van der Waals surface area contributed by atoms with Gasteiger partial charge >= 0.3 is 10.1 Å². The zero-order valence-corrected chi connectivity index (χ0v) is 18.0. The summed E-state index contributed by atoms with van der Waals surface area (Å²) in [5.74, 6) is -2.45. The van der Waals surface area contributed by atoms with Crippen molar-refractivity contribution in [2.24, 2.45) is 0 Å². The summed E-state index contributed by atoms with van der Waals surface area (Å²) in [5, 5.41) is 11.6. The monoisotopic (exact) mass is 469 g/mol. The Balaban J connectivity index is 1.79. The van der Waals surface area contributed by atoms with Crippen LogP contribution in [0.4, 0.5) is 5.69 Å². The van der Waals surface area contributed by atoms with Crippen LogP contribution >= 0.6 is 0 Å². The van der Waals surface area contributed by atoms with E-state index in [1.165, 1.54) is 29.2 Å². The van der Waals surface area contributed by atoms with Gasteiger partial charge in [0.25, 0.3) is 23.4 Å². The number of imide groups is 1. The van der Waals surface area contributed by atoms with Gasteiger partial charge in [-0.3, -0.25) is 24.5 Å². The van der Waals surface area contributed by atoms with E-state index in [-0.39, 0.29) is 33.0 Å². The van der Waals surface area contributed by atoms with Crippen molar-refractivity contribution in [1.29, 1.82) is 0 Å². The summed E-state index contributed by atoms with van der Waals surface area (Å²) in [7, 11) is -1.65. The standard InChI is InChI=1S/C21H15N3O8S/c1-22(2)19(25)15-9-10-17-18-14(15)7-4-8-16(18)20(26)23(21(17)27)32-33(30,31)13-6-3-5-12(11-13)24(28)29/h3-11H,1-2H3. The fourth-order valence-electron chi connectivity index (χ4n) is 3.46. The smallest absolute Gasteiger partial charge is 0.318 e. The highest BCUT2D eigenvalue weighted by Gasteiger charge is 2.38. The molecule has 1 aliphatic rings. The van der Waals surface area contributed by atoms with E-state index in [1.54, 1.807) is 20.2 Å². The Bertz CT molecular complexity index is 1460. The van der Waals surface area contributed by atoms with Crippen LogP contribution in [0.25, 0.3) is 10.8 Å². The normalized spacial score (nSPS) is 13.3. The molecule has 3 aromatic rings. The third-order valence-corrected chi connectivity index (χ3v) is 6.17. The van der Waals surface area contributed by atoms with Gasteiger partial charge in [0.15, 0.2) is 0 Å². The lowest BCUT2D eigenvalue weighted by Gasteiger charge is -2.26. The van der Waals surface area contributed by atoms with E-state index < -0.39 is 37.4 Å². The summed E-state index contributed by atoms with van der Waals surface area (Å²) in [5.41, 5.74) is -0.321. The molecule has 3 aromatic carbocycles. The quantitative estimate of drug-likeness (QED) is 0.315. The highest BCUT2D eigenvalue weighted by molar-refractivity contribution is 7.86. The summed E-state index contributed by atoms with van der Waals surface area (Å²) in [4.78, 5) is 49.5. The summed E-state index contributed by atoms with van der Waals surface area (Å²) in [6, 6.07) is 11.2. The first-order valence-corrected chi connectivity index (χ1v) is 10.8. The maximum atomic E-state index is 13.0. The van der Waals surface area contributed by atoms with Crippen LogP contribution in [0, 0.1) is 10.1 Å². The van der Waals surface area contributed by atoms with E-state index in [1.807, 2.05) is 0 Å². The first-order valence-electron chi connectivity index (χ1n) is 9.38. The van der Waals surface area contributed by atoms with Gasteiger partial charge in [-0.1, -0.05) is 18.2 Å². The molecule has 0 bridgehead atoms. The van der Waals surface area contributed by atoms with E-state index >= 15 is 0 Å². The van der Waals surface area contributed by atoms with Gasteiger partial charge in [0.2, 0.25) is 0 Å². The third-order valence-electron chi connectivity index (χ3n) is 5.00. The fourth-order valence-corrected chi connectivity index (χ4v) is 4.39. The highest BCUT2D eigenvalue weighted by Crippen LogP contribution is 2.33. The Kier molecular flexibility index (Phi) is 5.18. The zero-order chi connectivity index (χ0) is 24.1. The van der Waals surface area contributed by atoms with Crippen molar-refractivity contribution in [3.05, 3.63) is 81.4 Å². The van der Waals surface area contributed by atoms with Crippen LogP contribution in [0.2, 0.25) is 0 Å². The zero-order valence-electron chi connectivity index (χ0n) is 17.2. The van der Waals surface area contributed by atoms with Crippen molar-refractivity contribution in [2.45, 2.75) is 4.90 Å². The molecule has 0 saturated carbocycles. The molecule has 3 amide bonds. The van der Waals surface area contributed by atoms with Gasteiger partial charge in [-0.15, -0.1) is 9.35 Å². The van der Waals surface area contributed by atoms with Crippen molar-refractivity contribution in [3.63, 3.8) is 0 Å². The summed E-state index contributed by atoms with van der Waals surface area (Å²) in [6.45, 7) is 0. The lowest BCUT2D eigenvalue weighted by atomic mass is 9.91. The predicted octanol–water partition coefficient (Wildman–Crippen LogP) is 2.37. The second kappa shape index (κ2) is 7.76. The van der Waals surface area contributed by atoms with Crippen molar-refractivity contribution < 1.29 is 32.0 Å². The van der Waals surface area contributed by atoms with E-state index in [2.05, 4.69) is 0 Å². The number of hydrogen-bond donors (Lipinski definition) is 0. The average Bonchev–Trinajstić information content (AvgIpc) is 2.79. The van der Waals surface area contributed by atoms with Gasteiger partial charge in [0, 0.05) is 37.2 Å². The SMILES string of the molecule is CN(C)C(=O)c1ccc2c3c(cccc13)C(=O)N(OS(=O)(=O)c1cccc([N+](=O)[O-])c1)C2=O. The van der Waals surface area contributed by atoms with Gasteiger partial charge in [0.05, 0.1) is 16.1 Å². The number of amides is 3. The van der Waals surface area contributed by atoms with Crippen LogP contribution in [0.5, 0.6) is 0 Å². The maximum Gasteiger partial charge on any atom is 0.318 e. The van der Waals surface area contributed by atoms with Gasteiger partial charge in [-0.2, -0.15) is 8.42 Å². The molecule has 1 aliphatic heterocycles. The predicted molar refractivity (Wildman–Crippen MR) is 114 cm³/mol. The van der Waals surface area contributed by atoms with Crippen LogP contribution in [0.1, 0.15) is 31.1 Å². The molecule has 0 saturated heterocycles. The van der Waals surface area contributed by atoms with Crippen molar-refractivity contribution in [3.8, 4) is 0 Å². The van der Waals surface area contributed by atoms with E-state index in [4.69, 9.17) is 4.28 Å². The van der Waals surface area contributed by atoms with Crippen molar-refractivity contribution in [2.75, 3.05) is 14.1 Å². The minimum atomic E-state index is -4.77. The van der Waals surface area contributed by atoms with E-state index in [0.29, 0.717) is 5.39 Å². The number of hydrogen-bond acceptors (Lipinski definition) is 8. The number of non-ortho nitro benzene ring substituents is 1. The Morgan fingerprint density at radius 1 is 1.00 bits per heavy atom.